The zero-order valence-electron chi connectivity index (χ0n) is 6.96. The lowest BCUT2D eigenvalue weighted by molar-refractivity contribution is 0.289. The van der Waals surface area contributed by atoms with Crippen LogP contribution in [0.3, 0.4) is 0 Å². The van der Waals surface area contributed by atoms with Gasteiger partial charge < -0.3 is 16.0 Å². The molecule has 4 heteroatoms. The van der Waals surface area contributed by atoms with Crippen molar-refractivity contribution in [3.05, 3.63) is 18.2 Å². The first-order valence-electron chi connectivity index (χ1n) is 4.32. The van der Waals surface area contributed by atoms with Crippen LogP contribution < -0.4 is 11.1 Å². The quantitative estimate of drug-likeness (QED) is 0.591. The van der Waals surface area contributed by atoms with Crippen LogP contribution in [0.4, 0.5) is 0 Å². The van der Waals surface area contributed by atoms with Crippen LogP contribution in [0.2, 0.25) is 0 Å². The molecule has 12 heavy (non-hydrogen) atoms. The van der Waals surface area contributed by atoms with Gasteiger partial charge in [0.2, 0.25) is 0 Å². The van der Waals surface area contributed by atoms with Gasteiger partial charge >= 0.3 is 0 Å². The molecule has 0 unspecified atom stereocenters. The molecular formula is C8H14N4. The molecule has 1 saturated carbocycles. The van der Waals surface area contributed by atoms with E-state index in [1.54, 1.807) is 6.20 Å². The van der Waals surface area contributed by atoms with E-state index in [0.717, 1.165) is 25.2 Å². The highest BCUT2D eigenvalue weighted by atomic mass is 15.0. The van der Waals surface area contributed by atoms with Crippen molar-refractivity contribution in [3.63, 3.8) is 0 Å². The van der Waals surface area contributed by atoms with Crippen LogP contribution in [-0.4, -0.2) is 22.1 Å². The molecule has 0 radical (unpaired) electrons. The summed E-state index contributed by atoms with van der Waals surface area (Å²) < 4.78 is 0. The van der Waals surface area contributed by atoms with Gasteiger partial charge in [0.1, 0.15) is 5.82 Å². The minimum absolute atomic E-state index is 0.416. The van der Waals surface area contributed by atoms with Gasteiger partial charge in [-0.25, -0.2) is 4.98 Å². The first-order chi connectivity index (χ1) is 5.84. The lowest BCUT2D eigenvalue weighted by atomic mass is 9.88. The SMILES string of the molecule is NC1CC(NCc2ncc[nH]2)C1. The van der Waals surface area contributed by atoms with Crippen molar-refractivity contribution in [1.82, 2.24) is 15.3 Å². The third-order valence-corrected chi connectivity index (χ3v) is 2.29. The first-order valence-corrected chi connectivity index (χ1v) is 4.32. The Morgan fingerprint density at radius 1 is 1.67 bits per heavy atom. The molecule has 4 nitrogen and oxygen atoms in total. The van der Waals surface area contributed by atoms with Gasteiger partial charge in [-0.15, -0.1) is 0 Å². The van der Waals surface area contributed by atoms with Crippen molar-refractivity contribution in [2.75, 3.05) is 0 Å². The lowest BCUT2D eigenvalue weighted by Gasteiger charge is -2.32. The second-order valence-electron chi connectivity index (χ2n) is 3.35. The van der Waals surface area contributed by atoms with Gasteiger partial charge in [0.25, 0.3) is 0 Å². The number of aromatic nitrogens is 2. The van der Waals surface area contributed by atoms with Gasteiger partial charge in [0.05, 0.1) is 6.54 Å². The fourth-order valence-corrected chi connectivity index (χ4v) is 1.46. The summed E-state index contributed by atoms with van der Waals surface area (Å²) >= 11 is 0. The van der Waals surface area contributed by atoms with Gasteiger partial charge in [-0.05, 0) is 12.8 Å². The molecule has 1 aromatic rings. The van der Waals surface area contributed by atoms with Crippen molar-refractivity contribution in [2.24, 2.45) is 5.73 Å². The molecule has 0 aliphatic heterocycles. The highest BCUT2D eigenvalue weighted by Crippen LogP contribution is 2.17. The number of nitrogens with one attached hydrogen (secondary N) is 2. The Bertz CT molecular complexity index is 225. The van der Waals surface area contributed by atoms with Gasteiger partial charge in [0, 0.05) is 24.5 Å². The Labute approximate surface area is 71.6 Å². The molecule has 0 spiro atoms. The predicted octanol–water partition coefficient (Wildman–Crippen LogP) is -0.0110. The average molecular weight is 166 g/mol. The maximum atomic E-state index is 5.65. The smallest absolute Gasteiger partial charge is 0.120 e. The minimum Gasteiger partial charge on any atom is -0.348 e. The van der Waals surface area contributed by atoms with E-state index in [2.05, 4.69) is 15.3 Å². The van der Waals surface area contributed by atoms with Crippen LogP contribution in [0.1, 0.15) is 18.7 Å². The highest BCUT2D eigenvalue weighted by Gasteiger charge is 2.24. The van der Waals surface area contributed by atoms with Crippen molar-refractivity contribution >= 4 is 0 Å². The number of H-pyrrole nitrogens is 1. The van der Waals surface area contributed by atoms with Crippen LogP contribution in [0.25, 0.3) is 0 Å². The topological polar surface area (TPSA) is 66.7 Å². The molecule has 1 aromatic heterocycles. The average Bonchev–Trinajstić information content (AvgIpc) is 2.47. The fraction of sp³-hybridized carbons (Fsp3) is 0.625. The van der Waals surface area contributed by atoms with Crippen LogP contribution in [0.15, 0.2) is 12.4 Å². The summed E-state index contributed by atoms with van der Waals surface area (Å²) in [4.78, 5) is 7.16. The molecule has 0 atom stereocenters. The van der Waals surface area contributed by atoms with E-state index in [1.165, 1.54) is 0 Å². The van der Waals surface area contributed by atoms with Crippen LogP contribution in [-0.2, 0) is 6.54 Å². The number of nitrogens with zero attached hydrogens (tertiary/aromatic N) is 1. The van der Waals surface area contributed by atoms with Gasteiger partial charge in [-0.2, -0.15) is 0 Å². The standard InChI is InChI=1S/C8H14N4/c9-6-3-7(4-6)12-5-8-10-1-2-11-8/h1-2,6-7,12H,3-5,9H2,(H,10,11). The second kappa shape index (κ2) is 3.25. The van der Waals surface area contributed by atoms with Crippen molar-refractivity contribution in [3.8, 4) is 0 Å². The Balaban J connectivity index is 1.70. The monoisotopic (exact) mass is 166 g/mol. The normalized spacial score (nSPS) is 28.4. The van der Waals surface area contributed by atoms with Crippen molar-refractivity contribution in [2.45, 2.75) is 31.5 Å². The molecule has 0 amide bonds. The van der Waals surface area contributed by atoms with Crippen LogP contribution >= 0.6 is 0 Å². The number of aromatic amines is 1. The summed E-state index contributed by atoms with van der Waals surface area (Å²) in [7, 11) is 0. The van der Waals surface area contributed by atoms with Crippen LogP contribution in [0, 0.1) is 0 Å². The van der Waals surface area contributed by atoms with Crippen molar-refractivity contribution in [1.29, 1.82) is 0 Å². The second-order valence-corrected chi connectivity index (χ2v) is 3.35. The molecule has 1 aliphatic rings. The van der Waals surface area contributed by atoms with E-state index in [9.17, 15) is 0 Å². The molecule has 1 aliphatic carbocycles. The van der Waals surface area contributed by atoms with E-state index in [4.69, 9.17) is 5.73 Å². The van der Waals surface area contributed by atoms with Gasteiger partial charge in [-0.1, -0.05) is 0 Å². The van der Waals surface area contributed by atoms with E-state index >= 15 is 0 Å². The Hall–Kier alpha value is -0.870. The third-order valence-electron chi connectivity index (χ3n) is 2.29. The highest BCUT2D eigenvalue weighted by molar-refractivity contribution is 4.91. The third kappa shape index (κ3) is 1.65. The van der Waals surface area contributed by atoms with E-state index < -0.39 is 0 Å². The molecule has 1 heterocycles. The maximum absolute atomic E-state index is 5.65. The Morgan fingerprint density at radius 3 is 3.08 bits per heavy atom. The zero-order chi connectivity index (χ0) is 8.39. The number of nitrogens with two attached hydrogens (primary N) is 1. The molecule has 1 fully saturated rings. The molecule has 0 aromatic carbocycles. The molecule has 4 N–H and O–H groups in total. The fourth-order valence-electron chi connectivity index (χ4n) is 1.46. The van der Waals surface area contributed by atoms with Crippen LogP contribution in [0.5, 0.6) is 0 Å². The number of imidazole rings is 1. The predicted molar refractivity (Wildman–Crippen MR) is 46.4 cm³/mol. The summed E-state index contributed by atoms with van der Waals surface area (Å²) in [6.45, 7) is 0.824. The minimum atomic E-state index is 0.416. The van der Waals surface area contributed by atoms with E-state index in [1.807, 2.05) is 6.20 Å². The van der Waals surface area contributed by atoms with Gasteiger partial charge in [0.15, 0.2) is 0 Å². The Kier molecular flexibility index (Phi) is 2.10. The summed E-state index contributed by atoms with van der Waals surface area (Å²) in [5.41, 5.74) is 5.65. The summed E-state index contributed by atoms with van der Waals surface area (Å²) in [6.07, 6.45) is 5.80. The summed E-state index contributed by atoms with van der Waals surface area (Å²) in [5.74, 6) is 0.996. The molecule has 66 valence electrons. The number of rotatable bonds is 3. The first kappa shape index (κ1) is 7.76. The number of hydrogen-bond donors (Lipinski definition) is 3. The molecule has 2 rings (SSSR count). The summed E-state index contributed by atoms with van der Waals surface area (Å²) in [5, 5.41) is 3.38. The van der Waals surface area contributed by atoms with Crippen molar-refractivity contribution < 1.29 is 0 Å². The summed E-state index contributed by atoms with van der Waals surface area (Å²) in [6, 6.07) is 1.02. The number of hydrogen-bond acceptors (Lipinski definition) is 3. The van der Waals surface area contributed by atoms with E-state index in [-0.39, 0.29) is 0 Å². The lowest BCUT2D eigenvalue weighted by Crippen LogP contribution is -2.48. The molecule has 0 saturated heterocycles. The maximum Gasteiger partial charge on any atom is 0.120 e. The molecule has 0 bridgehead atoms. The zero-order valence-corrected chi connectivity index (χ0v) is 6.96. The van der Waals surface area contributed by atoms with Gasteiger partial charge in [-0.3, -0.25) is 0 Å². The molecular weight excluding hydrogens is 152 g/mol. The van der Waals surface area contributed by atoms with E-state index in [0.29, 0.717) is 12.1 Å². The largest absolute Gasteiger partial charge is 0.348 e. The Morgan fingerprint density at radius 2 is 2.50 bits per heavy atom.